The summed E-state index contributed by atoms with van der Waals surface area (Å²) < 4.78 is 0. The number of nitrogens with zero attached hydrogens (tertiary/aromatic N) is 2. The molecule has 1 atom stereocenters. The first-order chi connectivity index (χ1) is 8.50. The molecule has 1 saturated carbocycles. The van der Waals surface area contributed by atoms with Gasteiger partial charge in [-0.2, -0.15) is 0 Å². The SMILES string of the molecule is CC1(C2CC2)CN(Cc2cncs2)C(C)(C)CN1. The topological polar surface area (TPSA) is 28.2 Å². The molecule has 2 heterocycles. The van der Waals surface area contributed by atoms with Crippen molar-refractivity contribution in [3.8, 4) is 0 Å². The van der Waals surface area contributed by atoms with Crippen molar-refractivity contribution in [1.29, 1.82) is 0 Å². The van der Waals surface area contributed by atoms with Gasteiger partial charge >= 0.3 is 0 Å². The summed E-state index contributed by atoms with van der Waals surface area (Å²) in [6.07, 6.45) is 4.81. The van der Waals surface area contributed by atoms with E-state index in [9.17, 15) is 0 Å². The van der Waals surface area contributed by atoms with E-state index in [1.165, 1.54) is 17.7 Å². The molecule has 0 amide bonds. The Hall–Kier alpha value is -0.450. The summed E-state index contributed by atoms with van der Waals surface area (Å²) >= 11 is 1.77. The van der Waals surface area contributed by atoms with E-state index < -0.39 is 0 Å². The summed E-state index contributed by atoms with van der Waals surface area (Å²) in [4.78, 5) is 8.21. The van der Waals surface area contributed by atoms with E-state index in [2.05, 4.69) is 36.0 Å². The average molecular weight is 265 g/mol. The Balaban J connectivity index is 1.75. The van der Waals surface area contributed by atoms with Gasteiger partial charge in [0.05, 0.1) is 5.51 Å². The minimum Gasteiger partial charge on any atom is -0.308 e. The Labute approximate surface area is 114 Å². The van der Waals surface area contributed by atoms with Crippen molar-refractivity contribution in [3.63, 3.8) is 0 Å². The second-order valence-corrected chi connectivity index (χ2v) is 7.65. The predicted molar refractivity (Wildman–Crippen MR) is 75.7 cm³/mol. The van der Waals surface area contributed by atoms with Gasteiger partial charge < -0.3 is 5.32 Å². The van der Waals surface area contributed by atoms with Gasteiger partial charge in [-0.15, -0.1) is 11.3 Å². The highest BCUT2D eigenvalue weighted by atomic mass is 32.1. The highest BCUT2D eigenvalue weighted by Crippen LogP contribution is 2.42. The molecular weight excluding hydrogens is 242 g/mol. The van der Waals surface area contributed by atoms with E-state index in [1.54, 1.807) is 11.3 Å². The molecule has 4 heteroatoms. The van der Waals surface area contributed by atoms with Gasteiger partial charge in [0.2, 0.25) is 0 Å². The molecule has 0 aromatic carbocycles. The summed E-state index contributed by atoms with van der Waals surface area (Å²) in [6, 6.07) is 0. The van der Waals surface area contributed by atoms with Crippen LogP contribution in [0.3, 0.4) is 0 Å². The van der Waals surface area contributed by atoms with E-state index in [-0.39, 0.29) is 5.54 Å². The molecule has 1 aromatic heterocycles. The first-order valence-corrected chi connectivity index (χ1v) is 7.75. The van der Waals surface area contributed by atoms with E-state index in [0.29, 0.717) is 5.54 Å². The molecule has 0 spiro atoms. The minimum atomic E-state index is 0.235. The number of piperazine rings is 1. The molecule has 2 aliphatic rings. The number of hydrogen-bond donors (Lipinski definition) is 1. The van der Waals surface area contributed by atoms with Crippen molar-refractivity contribution in [1.82, 2.24) is 15.2 Å². The quantitative estimate of drug-likeness (QED) is 0.910. The lowest BCUT2D eigenvalue weighted by molar-refractivity contribution is 0.0185. The second kappa shape index (κ2) is 4.29. The zero-order valence-electron chi connectivity index (χ0n) is 11.6. The Morgan fingerprint density at radius 2 is 2.22 bits per heavy atom. The van der Waals surface area contributed by atoms with Crippen molar-refractivity contribution < 1.29 is 0 Å². The highest BCUT2D eigenvalue weighted by Gasteiger charge is 2.48. The Bertz CT molecular complexity index is 411. The minimum absolute atomic E-state index is 0.235. The number of nitrogens with one attached hydrogen (secondary N) is 1. The molecule has 0 bridgehead atoms. The lowest BCUT2D eigenvalue weighted by Crippen LogP contribution is -2.67. The molecule has 1 aliphatic heterocycles. The maximum atomic E-state index is 4.20. The van der Waals surface area contributed by atoms with Gasteiger partial charge in [0, 0.05) is 41.8 Å². The van der Waals surface area contributed by atoms with Crippen LogP contribution in [0.5, 0.6) is 0 Å². The molecule has 3 nitrogen and oxygen atoms in total. The number of rotatable bonds is 3. The molecule has 2 fully saturated rings. The van der Waals surface area contributed by atoms with Crippen LogP contribution in [0.25, 0.3) is 0 Å². The Morgan fingerprint density at radius 1 is 1.44 bits per heavy atom. The fraction of sp³-hybridized carbons (Fsp3) is 0.786. The van der Waals surface area contributed by atoms with Crippen molar-refractivity contribution in [3.05, 3.63) is 16.6 Å². The summed E-state index contributed by atoms with van der Waals surface area (Å²) in [6.45, 7) is 10.4. The van der Waals surface area contributed by atoms with E-state index in [0.717, 1.165) is 25.6 Å². The van der Waals surface area contributed by atoms with Gasteiger partial charge in [-0.3, -0.25) is 9.88 Å². The van der Waals surface area contributed by atoms with Gasteiger partial charge in [0.1, 0.15) is 0 Å². The van der Waals surface area contributed by atoms with Crippen LogP contribution in [-0.4, -0.2) is 34.1 Å². The standard InChI is InChI=1S/C14H23N3S/c1-13(2)8-16-14(3,11-4-5-11)9-17(13)7-12-6-15-10-18-12/h6,10-11,16H,4-5,7-9H2,1-3H3. The van der Waals surface area contributed by atoms with Crippen molar-refractivity contribution in [2.24, 2.45) is 5.92 Å². The Kier molecular flexibility index (Phi) is 3.00. The van der Waals surface area contributed by atoms with Crippen LogP contribution >= 0.6 is 11.3 Å². The third-order valence-electron chi connectivity index (χ3n) is 4.61. The largest absolute Gasteiger partial charge is 0.308 e. The first-order valence-electron chi connectivity index (χ1n) is 6.87. The molecule has 1 unspecified atom stereocenters. The molecule has 3 rings (SSSR count). The lowest BCUT2D eigenvalue weighted by atomic mass is 9.86. The number of thiazole rings is 1. The summed E-state index contributed by atoms with van der Waals surface area (Å²) in [7, 11) is 0. The highest BCUT2D eigenvalue weighted by molar-refractivity contribution is 7.09. The summed E-state index contributed by atoms with van der Waals surface area (Å²) in [5, 5.41) is 3.80. The molecule has 1 aromatic rings. The van der Waals surface area contributed by atoms with Crippen LogP contribution in [0.1, 0.15) is 38.5 Å². The zero-order valence-corrected chi connectivity index (χ0v) is 12.4. The van der Waals surface area contributed by atoms with Crippen LogP contribution in [0, 0.1) is 5.92 Å². The van der Waals surface area contributed by atoms with E-state index in [1.807, 2.05) is 11.7 Å². The van der Waals surface area contributed by atoms with Gasteiger partial charge in [-0.25, -0.2) is 0 Å². The Morgan fingerprint density at radius 3 is 2.83 bits per heavy atom. The van der Waals surface area contributed by atoms with Gasteiger partial charge in [-0.05, 0) is 39.5 Å². The average Bonchev–Trinajstić information content (AvgIpc) is 3.06. The molecule has 18 heavy (non-hydrogen) atoms. The second-order valence-electron chi connectivity index (χ2n) is 6.68. The molecule has 100 valence electrons. The third kappa shape index (κ3) is 2.33. The summed E-state index contributed by atoms with van der Waals surface area (Å²) in [5.74, 6) is 0.887. The van der Waals surface area contributed by atoms with Crippen LogP contribution in [0.2, 0.25) is 0 Å². The van der Waals surface area contributed by atoms with E-state index >= 15 is 0 Å². The molecule has 1 aliphatic carbocycles. The maximum absolute atomic E-state index is 4.20. The fourth-order valence-electron chi connectivity index (χ4n) is 2.97. The zero-order chi connectivity index (χ0) is 12.8. The smallest absolute Gasteiger partial charge is 0.0794 e. The predicted octanol–water partition coefficient (Wildman–Crippen LogP) is 2.50. The molecule has 0 radical (unpaired) electrons. The van der Waals surface area contributed by atoms with Gasteiger partial charge in [0.15, 0.2) is 0 Å². The maximum Gasteiger partial charge on any atom is 0.0794 e. The normalized spacial score (nSPS) is 32.6. The van der Waals surface area contributed by atoms with Gasteiger partial charge in [0.25, 0.3) is 0 Å². The molecule has 1 saturated heterocycles. The van der Waals surface area contributed by atoms with Crippen molar-refractivity contribution in [2.75, 3.05) is 13.1 Å². The van der Waals surface area contributed by atoms with Crippen LogP contribution in [-0.2, 0) is 6.54 Å². The van der Waals surface area contributed by atoms with E-state index in [4.69, 9.17) is 0 Å². The third-order valence-corrected chi connectivity index (χ3v) is 5.37. The monoisotopic (exact) mass is 265 g/mol. The number of aromatic nitrogens is 1. The summed E-state index contributed by atoms with van der Waals surface area (Å²) in [5.41, 5.74) is 2.49. The van der Waals surface area contributed by atoms with Crippen LogP contribution < -0.4 is 5.32 Å². The number of hydrogen-bond acceptors (Lipinski definition) is 4. The lowest BCUT2D eigenvalue weighted by Gasteiger charge is -2.51. The molecule has 1 N–H and O–H groups in total. The molecular formula is C14H23N3S. The van der Waals surface area contributed by atoms with Crippen LogP contribution in [0.15, 0.2) is 11.7 Å². The van der Waals surface area contributed by atoms with Crippen molar-refractivity contribution >= 4 is 11.3 Å². The first kappa shape index (κ1) is 12.6. The van der Waals surface area contributed by atoms with Gasteiger partial charge in [-0.1, -0.05) is 0 Å². The van der Waals surface area contributed by atoms with Crippen molar-refractivity contribution in [2.45, 2.75) is 51.2 Å². The fourth-order valence-corrected chi connectivity index (χ4v) is 3.58. The van der Waals surface area contributed by atoms with Crippen LogP contribution in [0.4, 0.5) is 0 Å².